The maximum absolute atomic E-state index is 13.4. The van der Waals surface area contributed by atoms with Crippen molar-refractivity contribution in [1.29, 1.82) is 0 Å². The normalized spacial score (nSPS) is 27.9. The minimum atomic E-state index is -2.17. The Hall–Kier alpha value is -3.03. The number of hydrogen-bond acceptors (Lipinski definition) is 6. The molecule has 2 aliphatic heterocycles. The maximum Gasteiger partial charge on any atom is 0.343 e. The van der Waals surface area contributed by atoms with E-state index in [1.54, 1.807) is 20.0 Å². The van der Waals surface area contributed by atoms with Crippen LogP contribution in [0.1, 0.15) is 62.1 Å². The molecule has 2 heterocycles. The lowest BCUT2D eigenvalue weighted by Gasteiger charge is -2.41. The van der Waals surface area contributed by atoms with Gasteiger partial charge in [0.25, 0.3) is 0 Å². The lowest BCUT2D eigenvalue weighted by atomic mass is 9.70. The summed E-state index contributed by atoms with van der Waals surface area (Å²) in [5, 5.41) is 12.7. The van der Waals surface area contributed by atoms with E-state index in [9.17, 15) is 14.7 Å². The number of likely N-dealkylation sites (N-methyl/N-ethyl adjacent to an activating group) is 1. The highest BCUT2D eigenvalue weighted by Crippen LogP contribution is 2.46. The molecule has 1 spiro atoms. The standard InChI is InChI=1S/C33H41ClN2O5/c1-23-30(37)35(2)17-8-6-4-5-7-9-18-36-21-32(16-10-11-24-19-26(34)13-14-27(24)32)22-41-29-15-12-25(20-28(29)36)33(23,39)31(38)40-3/h6,8,12-15,19-20,23,39H,4-5,7,9-11,16-18,21-22H2,1-3H3/b8-6+/t23-,32-,33-/m0/s1. The number of esters is 1. The van der Waals surface area contributed by atoms with Gasteiger partial charge in [0.15, 0.2) is 5.60 Å². The summed E-state index contributed by atoms with van der Waals surface area (Å²) < 4.78 is 11.6. The maximum atomic E-state index is 13.4. The summed E-state index contributed by atoms with van der Waals surface area (Å²) in [7, 11) is 2.92. The highest BCUT2D eigenvalue weighted by Gasteiger charge is 2.50. The predicted molar refractivity (Wildman–Crippen MR) is 161 cm³/mol. The van der Waals surface area contributed by atoms with Gasteiger partial charge in [-0.15, -0.1) is 0 Å². The molecule has 0 saturated carbocycles. The molecule has 0 radical (unpaired) electrons. The van der Waals surface area contributed by atoms with Crippen LogP contribution in [0.25, 0.3) is 0 Å². The fraction of sp³-hybridized carbons (Fsp3) is 0.515. The molecule has 3 aliphatic rings. The van der Waals surface area contributed by atoms with Crippen LogP contribution in [0.3, 0.4) is 0 Å². The van der Waals surface area contributed by atoms with Crippen molar-refractivity contribution in [3.05, 3.63) is 70.3 Å². The Bertz CT molecular complexity index is 1330. The summed E-state index contributed by atoms with van der Waals surface area (Å²) in [4.78, 5) is 30.5. The van der Waals surface area contributed by atoms with Crippen molar-refractivity contribution in [3.8, 4) is 5.75 Å². The van der Waals surface area contributed by atoms with E-state index in [4.69, 9.17) is 21.1 Å². The second-order valence-corrected chi connectivity index (χ2v) is 12.3. The lowest BCUT2D eigenvalue weighted by molar-refractivity contribution is -0.175. The molecule has 1 aliphatic carbocycles. The van der Waals surface area contributed by atoms with Gasteiger partial charge >= 0.3 is 5.97 Å². The number of aryl methyl sites for hydroxylation is 1. The molecular formula is C33H41ClN2O5. The Morgan fingerprint density at radius 1 is 1.12 bits per heavy atom. The summed E-state index contributed by atoms with van der Waals surface area (Å²) in [5.41, 5.74) is 1.32. The number of rotatable bonds is 1. The molecular weight excluding hydrogens is 540 g/mol. The van der Waals surface area contributed by atoms with Crippen LogP contribution in [0.5, 0.6) is 5.75 Å². The first-order valence-corrected chi connectivity index (χ1v) is 15.1. The molecule has 0 saturated heterocycles. The predicted octanol–water partition coefficient (Wildman–Crippen LogP) is 5.40. The van der Waals surface area contributed by atoms with Gasteiger partial charge in [0.05, 0.1) is 25.3 Å². The summed E-state index contributed by atoms with van der Waals surface area (Å²) in [6.45, 7) is 4.06. The number of nitrogens with zero attached hydrogens (tertiary/aromatic N) is 2. The minimum Gasteiger partial charge on any atom is -0.490 e. The number of hydrogen-bond donors (Lipinski definition) is 1. The van der Waals surface area contributed by atoms with Crippen LogP contribution in [0.2, 0.25) is 5.02 Å². The van der Waals surface area contributed by atoms with Gasteiger partial charge in [-0.05, 0) is 86.4 Å². The molecule has 7 nitrogen and oxygen atoms in total. The largest absolute Gasteiger partial charge is 0.490 e. The second kappa shape index (κ2) is 12.1. The third-order valence-electron chi connectivity index (χ3n) is 9.19. The molecule has 3 atom stereocenters. The third kappa shape index (κ3) is 5.59. The highest BCUT2D eigenvalue weighted by molar-refractivity contribution is 6.30. The van der Waals surface area contributed by atoms with Crippen LogP contribution in [-0.4, -0.2) is 62.3 Å². The van der Waals surface area contributed by atoms with Crippen LogP contribution in [0.15, 0.2) is 48.6 Å². The molecule has 2 aromatic carbocycles. The fourth-order valence-corrected chi connectivity index (χ4v) is 6.97. The van der Waals surface area contributed by atoms with E-state index < -0.39 is 17.5 Å². The van der Waals surface area contributed by atoms with Crippen molar-refractivity contribution in [1.82, 2.24) is 4.90 Å². The summed E-state index contributed by atoms with van der Waals surface area (Å²) in [5.74, 6) is -1.56. The number of aliphatic hydroxyl groups is 1. The Morgan fingerprint density at radius 3 is 2.76 bits per heavy atom. The zero-order valence-corrected chi connectivity index (χ0v) is 25.1. The number of benzene rings is 2. The third-order valence-corrected chi connectivity index (χ3v) is 9.43. The Labute approximate surface area is 248 Å². The van der Waals surface area contributed by atoms with Crippen LogP contribution >= 0.6 is 11.6 Å². The van der Waals surface area contributed by atoms with Gasteiger partial charge in [-0.25, -0.2) is 4.79 Å². The molecule has 0 aromatic heterocycles. The van der Waals surface area contributed by atoms with E-state index in [0.717, 1.165) is 68.7 Å². The van der Waals surface area contributed by atoms with Gasteiger partial charge in [-0.3, -0.25) is 4.79 Å². The smallest absolute Gasteiger partial charge is 0.343 e. The minimum absolute atomic E-state index is 0.217. The Balaban J connectivity index is 1.61. The van der Waals surface area contributed by atoms with Crippen LogP contribution < -0.4 is 9.64 Å². The van der Waals surface area contributed by atoms with E-state index in [1.165, 1.54) is 23.1 Å². The highest BCUT2D eigenvalue weighted by atomic mass is 35.5. The van der Waals surface area contributed by atoms with Crippen molar-refractivity contribution < 1.29 is 24.2 Å². The molecule has 8 heteroatoms. The molecule has 0 fully saturated rings. The van der Waals surface area contributed by atoms with E-state index in [2.05, 4.69) is 23.1 Å². The molecule has 41 heavy (non-hydrogen) atoms. The van der Waals surface area contributed by atoms with Crippen LogP contribution in [0, 0.1) is 5.92 Å². The van der Waals surface area contributed by atoms with Gasteiger partial charge in [0.1, 0.15) is 5.75 Å². The number of allylic oxidation sites excluding steroid dienone is 1. The van der Waals surface area contributed by atoms with Gasteiger partial charge in [0, 0.05) is 37.1 Å². The van der Waals surface area contributed by atoms with Gasteiger partial charge in [-0.2, -0.15) is 0 Å². The van der Waals surface area contributed by atoms with E-state index in [1.807, 2.05) is 24.3 Å². The molecule has 2 aromatic rings. The Morgan fingerprint density at radius 2 is 1.95 bits per heavy atom. The number of ether oxygens (including phenoxy) is 2. The number of amides is 1. The van der Waals surface area contributed by atoms with Gasteiger partial charge in [0.2, 0.25) is 5.91 Å². The average molecular weight is 581 g/mol. The van der Waals surface area contributed by atoms with Crippen molar-refractivity contribution in [2.75, 3.05) is 45.3 Å². The Kier molecular flexibility index (Phi) is 8.67. The van der Waals surface area contributed by atoms with Crippen molar-refractivity contribution >= 4 is 29.2 Å². The number of anilines is 1. The molecule has 5 rings (SSSR count). The molecule has 1 amide bonds. The van der Waals surface area contributed by atoms with Crippen molar-refractivity contribution in [3.63, 3.8) is 0 Å². The summed E-state index contributed by atoms with van der Waals surface area (Å²) in [6.07, 6.45) is 11.2. The van der Waals surface area contributed by atoms with Crippen LogP contribution in [0.4, 0.5) is 5.69 Å². The fourth-order valence-electron chi connectivity index (χ4n) is 6.78. The summed E-state index contributed by atoms with van der Waals surface area (Å²) in [6, 6.07) is 11.5. The molecule has 1 N–H and O–H groups in total. The van der Waals surface area contributed by atoms with E-state index in [0.29, 0.717) is 24.5 Å². The van der Waals surface area contributed by atoms with E-state index >= 15 is 0 Å². The number of halogens is 1. The lowest BCUT2D eigenvalue weighted by Crippen LogP contribution is -2.50. The first-order chi connectivity index (χ1) is 19.7. The SMILES string of the molecule is COC(=O)[C@@]1(O)c2ccc3c(c2)N(CCCCC/C=C/CN(C)C(=O)[C@@H]1C)C[C@@]1(CCCc2cc(Cl)ccc21)CO3. The zero-order valence-electron chi connectivity index (χ0n) is 24.3. The van der Waals surface area contributed by atoms with Crippen molar-refractivity contribution in [2.45, 2.75) is 62.9 Å². The quantitative estimate of drug-likeness (QED) is 0.359. The second-order valence-electron chi connectivity index (χ2n) is 11.8. The molecule has 2 bridgehead atoms. The van der Waals surface area contributed by atoms with Gasteiger partial charge < -0.3 is 24.4 Å². The number of methoxy groups -OCH3 is 1. The average Bonchev–Trinajstić information content (AvgIpc) is 3.13. The number of carbonyl (C=O) groups excluding carboxylic acids is 2. The molecule has 0 unspecified atom stereocenters. The first kappa shape index (κ1) is 29.5. The van der Waals surface area contributed by atoms with Crippen LogP contribution in [-0.2, 0) is 31.8 Å². The van der Waals surface area contributed by atoms with E-state index in [-0.39, 0.29) is 11.3 Å². The van der Waals surface area contributed by atoms with Gasteiger partial charge in [-0.1, -0.05) is 42.3 Å². The first-order valence-electron chi connectivity index (χ1n) is 14.7. The number of fused-ring (bicyclic) bond motifs is 3. The monoisotopic (exact) mass is 580 g/mol. The topological polar surface area (TPSA) is 79.3 Å². The summed E-state index contributed by atoms with van der Waals surface area (Å²) >= 11 is 6.38. The zero-order chi connectivity index (χ0) is 29.2. The molecule has 220 valence electrons. The van der Waals surface area contributed by atoms with Crippen molar-refractivity contribution in [2.24, 2.45) is 5.92 Å². The number of carbonyl (C=O) groups is 2.